The second-order valence-corrected chi connectivity index (χ2v) is 7.98. The van der Waals surface area contributed by atoms with E-state index in [1.807, 2.05) is 30.7 Å². The molecule has 2 aliphatic rings. The van der Waals surface area contributed by atoms with Crippen LogP contribution in [0.5, 0.6) is 0 Å². The Morgan fingerprint density at radius 2 is 1.78 bits per heavy atom. The van der Waals surface area contributed by atoms with Crippen LogP contribution < -0.4 is 5.32 Å². The van der Waals surface area contributed by atoms with Gasteiger partial charge in [0.1, 0.15) is 0 Å². The summed E-state index contributed by atoms with van der Waals surface area (Å²) in [5.41, 5.74) is 0.0464. The third-order valence-corrected chi connectivity index (χ3v) is 6.92. The number of carboxylic acids is 1. The fourth-order valence-corrected chi connectivity index (χ4v) is 4.98. The highest BCUT2D eigenvalue weighted by Crippen LogP contribution is 2.51. The Balaban J connectivity index is 1.86. The molecular formula is C20H37N3O4. The number of carbonyl (C=O) groups excluding carboxylic acids is 1. The van der Waals surface area contributed by atoms with Crippen molar-refractivity contribution >= 4 is 12.0 Å². The second-order valence-electron chi connectivity index (χ2n) is 7.98. The highest BCUT2D eigenvalue weighted by Gasteiger charge is 2.56. The van der Waals surface area contributed by atoms with Gasteiger partial charge < -0.3 is 20.1 Å². The molecule has 2 amide bonds. The number of hydrogen-bond acceptors (Lipinski definition) is 4. The normalized spacial score (nSPS) is 29.0. The first-order valence-electron chi connectivity index (χ1n) is 10.4. The number of urea groups is 1. The Bertz CT molecular complexity index is 517. The molecule has 2 rings (SSSR count). The Morgan fingerprint density at radius 1 is 1.15 bits per heavy atom. The van der Waals surface area contributed by atoms with Gasteiger partial charge in [0.25, 0.3) is 0 Å². The van der Waals surface area contributed by atoms with Crippen molar-refractivity contribution in [3.8, 4) is 0 Å². The van der Waals surface area contributed by atoms with Gasteiger partial charge in [-0.25, -0.2) is 4.79 Å². The summed E-state index contributed by atoms with van der Waals surface area (Å²) < 4.78 is 5.92. The van der Waals surface area contributed by atoms with Crippen molar-refractivity contribution in [2.75, 3.05) is 26.7 Å². The molecule has 7 nitrogen and oxygen atoms in total. The van der Waals surface area contributed by atoms with Crippen molar-refractivity contribution in [1.29, 1.82) is 0 Å². The maximum atomic E-state index is 12.8. The number of nitrogens with zero attached hydrogens (tertiary/aromatic N) is 2. The van der Waals surface area contributed by atoms with E-state index in [0.29, 0.717) is 13.2 Å². The number of carbonyl (C=O) groups is 2. The summed E-state index contributed by atoms with van der Waals surface area (Å²) >= 11 is 0. The van der Waals surface area contributed by atoms with E-state index < -0.39 is 5.97 Å². The van der Waals surface area contributed by atoms with Crippen LogP contribution in [0, 0.1) is 5.41 Å². The molecule has 0 aromatic rings. The Morgan fingerprint density at radius 3 is 2.26 bits per heavy atom. The van der Waals surface area contributed by atoms with Crippen molar-refractivity contribution in [2.24, 2.45) is 5.41 Å². The lowest BCUT2D eigenvalue weighted by Gasteiger charge is -2.58. The maximum absolute atomic E-state index is 12.8. The van der Waals surface area contributed by atoms with Crippen molar-refractivity contribution in [1.82, 2.24) is 15.1 Å². The molecule has 0 aromatic heterocycles. The number of nitrogens with one attached hydrogen (secondary N) is 1. The van der Waals surface area contributed by atoms with Gasteiger partial charge in [-0.3, -0.25) is 9.69 Å². The minimum absolute atomic E-state index is 0.0223. The molecule has 2 atom stereocenters. The van der Waals surface area contributed by atoms with Crippen LogP contribution >= 0.6 is 0 Å². The van der Waals surface area contributed by atoms with Gasteiger partial charge in [-0.1, -0.05) is 20.8 Å². The summed E-state index contributed by atoms with van der Waals surface area (Å²) in [5.74, 6) is -0.798. The van der Waals surface area contributed by atoms with Crippen LogP contribution in [-0.2, 0) is 9.53 Å². The molecule has 0 heterocycles. The highest BCUT2D eigenvalue weighted by molar-refractivity contribution is 5.75. The third kappa shape index (κ3) is 4.40. The number of ether oxygens (including phenoxy) is 1. The number of rotatable bonds is 10. The molecule has 0 spiro atoms. The molecule has 2 fully saturated rings. The molecule has 2 saturated carbocycles. The Hall–Kier alpha value is -1.34. The highest BCUT2D eigenvalue weighted by atomic mass is 16.5. The van der Waals surface area contributed by atoms with Crippen LogP contribution in [0.25, 0.3) is 0 Å². The first-order valence-corrected chi connectivity index (χ1v) is 10.4. The van der Waals surface area contributed by atoms with E-state index in [1.165, 1.54) is 0 Å². The number of aliphatic carboxylic acids is 1. The molecule has 156 valence electrons. The molecule has 0 bridgehead atoms. The van der Waals surface area contributed by atoms with Crippen LogP contribution in [0.3, 0.4) is 0 Å². The smallest absolute Gasteiger partial charge is 0.317 e. The minimum Gasteiger partial charge on any atom is -0.480 e. The molecule has 0 aromatic carbocycles. The maximum Gasteiger partial charge on any atom is 0.317 e. The monoisotopic (exact) mass is 383 g/mol. The summed E-state index contributed by atoms with van der Waals surface area (Å²) in [6.45, 7) is 9.87. The van der Waals surface area contributed by atoms with E-state index >= 15 is 0 Å². The lowest BCUT2D eigenvalue weighted by molar-refractivity contribution is -0.158. The van der Waals surface area contributed by atoms with Gasteiger partial charge in [-0.2, -0.15) is 0 Å². The van der Waals surface area contributed by atoms with E-state index in [4.69, 9.17) is 9.84 Å². The summed E-state index contributed by atoms with van der Waals surface area (Å²) in [6, 6.07) is 0.566. The summed E-state index contributed by atoms with van der Waals surface area (Å²) in [4.78, 5) is 27.5. The van der Waals surface area contributed by atoms with Crippen LogP contribution in [0.1, 0.15) is 59.8 Å². The van der Waals surface area contributed by atoms with Gasteiger partial charge >= 0.3 is 12.0 Å². The fourth-order valence-electron chi connectivity index (χ4n) is 4.98. The van der Waals surface area contributed by atoms with Crippen LogP contribution in [-0.4, -0.2) is 77.9 Å². The Kier molecular flexibility index (Phi) is 7.51. The molecular weight excluding hydrogens is 346 g/mol. The summed E-state index contributed by atoms with van der Waals surface area (Å²) in [7, 11) is 1.89. The summed E-state index contributed by atoms with van der Waals surface area (Å²) in [5, 5.41) is 12.1. The average molecular weight is 384 g/mol. The zero-order valence-corrected chi connectivity index (χ0v) is 17.5. The zero-order valence-electron chi connectivity index (χ0n) is 17.5. The molecule has 0 aliphatic heterocycles. The molecule has 0 saturated heterocycles. The lowest BCUT2D eigenvalue weighted by Crippen LogP contribution is -2.66. The van der Waals surface area contributed by atoms with E-state index in [9.17, 15) is 9.59 Å². The van der Waals surface area contributed by atoms with E-state index in [-0.39, 0.29) is 42.2 Å². The van der Waals surface area contributed by atoms with Gasteiger partial charge in [0.2, 0.25) is 0 Å². The third-order valence-electron chi connectivity index (χ3n) is 6.92. The topological polar surface area (TPSA) is 82.1 Å². The van der Waals surface area contributed by atoms with Crippen LogP contribution in [0.4, 0.5) is 4.79 Å². The number of carboxylic acid groups (broad SMARTS) is 1. The van der Waals surface area contributed by atoms with Crippen molar-refractivity contribution in [3.63, 3.8) is 0 Å². The van der Waals surface area contributed by atoms with Gasteiger partial charge in [0, 0.05) is 37.2 Å². The van der Waals surface area contributed by atoms with Gasteiger partial charge in [0.15, 0.2) is 0 Å². The number of hydrogen-bond donors (Lipinski definition) is 2. The van der Waals surface area contributed by atoms with E-state index in [2.05, 4.69) is 19.2 Å². The fraction of sp³-hybridized carbons (Fsp3) is 0.900. The van der Waals surface area contributed by atoms with Crippen LogP contribution in [0.2, 0.25) is 0 Å². The number of amides is 2. The predicted molar refractivity (Wildman–Crippen MR) is 105 cm³/mol. The molecule has 2 N–H and O–H groups in total. The molecule has 7 heteroatoms. The number of likely N-dealkylation sites (N-methyl/N-ethyl adjacent to an activating group) is 1. The van der Waals surface area contributed by atoms with Gasteiger partial charge in [-0.15, -0.1) is 0 Å². The molecule has 27 heavy (non-hydrogen) atoms. The van der Waals surface area contributed by atoms with Crippen molar-refractivity contribution < 1.29 is 19.4 Å². The van der Waals surface area contributed by atoms with Gasteiger partial charge in [-0.05, 0) is 45.6 Å². The van der Waals surface area contributed by atoms with E-state index in [1.54, 1.807) is 0 Å². The summed E-state index contributed by atoms with van der Waals surface area (Å²) in [6.07, 6.45) is 4.78. The van der Waals surface area contributed by atoms with Crippen LogP contribution in [0.15, 0.2) is 0 Å². The largest absolute Gasteiger partial charge is 0.480 e. The van der Waals surface area contributed by atoms with Crippen molar-refractivity contribution in [2.45, 2.75) is 84.0 Å². The second kappa shape index (κ2) is 9.24. The van der Waals surface area contributed by atoms with E-state index in [0.717, 1.165) is 32.1 Å². The van der Waals surface area contributed by atoms with Gasteiger partial charge in [0.05, 0.1) is 12.6 Å². The van der Waals surface area contributed by atoms with Crippen molar-refractivity contribution in [3.05, 3.63) is 0 Å². The molecule has 2 aliphatic carbocycles. The lowest BCUT2D eigenvalue weighted by atomic mass is 9.58. The first-order chi connectivity index (χ1) is 12.8. The Labute approximate surface area is 163 Å². The standard InChI is InChI=1S/C20H37N3O4/c1-6-20(7-2)16(12-17(20)27-9-4)22(5)19(26)21-14-10-15(11-14)23(8-3)13-18(24)25/h14-17H,6-13H2,1-5H3,(H,21,26)(H,24,25). The SMILES string of the molecule is CCOC1CC(N(C)C(=O)NC2CC(N(CC)CC(=O)O)C2)C1(CC)CC. The minimum atomic E-state index is -0.798. The molecule has 0 radical (unpaired) electrons. The zero-order chi connectivity index (χ0) is 20.2. The quantitative estimate of drug-likeness (QED) is 0.606. The average Bonchev–Trinajstić information content (AvgIpc) is 2.59. The molecule has 2 unspecified atom stereocenters. The predicted octanol–water partition coefficient (Wildman–Crippen LogP) is 2.55. The first kappa shape index (κ1) is 22.0.